The highest BCUT2D eigenvalue weighted by molar-refractivity contribution is 5.85. The monoisotopic (exact) mass is 376 g/mol. The van der Waals surface area contributed by atoms with E-state index >= 15 is 0 Å². The summed E-state index contributed by atoms with van der Waals surface area (Å²) in [6.45, 7) is 23.9. The summed E-state index contributed by atoms with van der Waals surface area (Å²) in [6, 6.07) is 12.8. The van der Waals surface area contributed by atoms with Crippen molar-refractivity contribution in [3.63, 3.8) is 0 Å². The van der Waals surface area contributed by atoms with Crippen molar-refractivity contribution in [2.45, 2.75) is 55.4 Å². The molecule has 0 nitrogen and oxygen atoms in total. The van der Waals surface area contributed by atoms with Gasteiger partial charge in [-0.05, 0) is 47.2 Å². The van der Waals surface area contributed by atoms with E-state index in [2.05, 4.69) is 74.7 Å². The minimum atomic E-state index is 1.16. The van der Waals surface area contributed by atoms with Gasteiger partial charge >= 0.3 is 0 Å². The number of benzene rings is 2. The van der Waals surface area contributed by atoms with E-state index in [0.717, 1.165) is 5.56 Å². The Labute approximate surface area is 175 Å². The van der Waals surface area contributed by atoms with Gasteiger partial charge in [-0.1, -0.05) is 128 Å². The Balaban J connectivity index is 0. The van der Waals surface area contributed by atoms with Gasteiger partial charge in [0.2, 0.25) is 0 Å². The molecule has 0 radical (unpaired) electrons. The molecule has 0 spiro atoms. The molecule has 2 aromatic carbocycles. The molecule has 0 saturated heterocycles. The molecule has 28 heavy (non-hydrogen) atoms. The highest BCUT2D eigenvalue weighted by Crippen LogP contribution is 2.32. The Morgan fingerprint density at radius 2 is 1.36 bits per heavy atom. The number of hydrogen-bond donors (Lipinski definition) is 0. The average molecular weight is 377 g/mol. The molecule has 2 rings (SSSR count). The summed E-state index contributed by atoms with van der Waals surface area (Å²) in [6.07, 6.45) is 12.0. The van der Waals surface area contributed by atoms with E-state index in [4.69, 9.17) is 0 Å². The van der Waals surface area contributed by atoms with Gasteiger partial charge in [0, 0.05) is 0 Å². The molecule has 0 aromatic heterocycles. The average Bonchev–Trinajstić information content (AvgIpc) is 2.77. The summed E-state index contributed by atoms with van der Waals surface area (Å²) < 4.78 is 0. The van der Waals surface area contributed by atoms with Gasteiger partial charge < -0.3 is 0 Å². The molecule has 0 heteroatoms. The van der Waals surface area contributed by atoms with Crippen molar-refractivity contribution in [2.24, 2.45) is 0 Å². The van der Waals surface area contributed by atoms with Crippen LogP contribution in [0.25, 0.3) is 29.4 Å². The van der Waals surface area contributed by atoms with Crippen LogP contribution in [0.5, 0.6) is 0 Å². The van der Waals surface area contributed by atoms with Crippen molar-refractivity contribution in [3.8, 4) is 11.1 Å². The predicted molar refractivity (Wildman–Crippen MR) is 135 cm³/mol. The number of allylic oxidation sites excluding steroid dienone is 3. The quantitative estimate of drug-likeness (QED) is 0.455. The van der Waals surface area contributed by atoms with Crippen molar-refractivity contribution in [1.29, 1.82) is 0 Å². The third kappa shape index (κ3) is 8.39. The Morgan fingerprint density at radius 1 is 0.750 bits per heavy atom. The van der Waals surface area contributed by atoms with Gasteiger partial charge in [-0.25, -0.2) is 0 Å². The molecule has 0 unspecified atom stereocenters. The number of rotatable bonds is 5. The topological polar surface area (TPSA) is 0 Å². The second kappa shape index (κ2) is 17.8. The second-order valence-corrected chi connectivity index (χ2v) is 5.20. The van der Waals surface area contributed by atoms with Crippen LogP contribution in [0.4, 0.5) is 0 Å². The number of hydrogen-bond acceptors (Lipinski definition) is 0. The fourth-order valence-electron chi connectivity index (χ4n) is 2.63. The Morgan fingerprint density at radius 3 is 1.89 bits per heavy atom. The van der Waals surface area contributed by atoms with E-state index in [-0.39, 0.29) is 0 Å². The summed E-state index contributed by atoms with van der Waals surface area (Å²) >= 11 is 0. The summed E-state index contributed by atoms with van der Waals surface area (Å²) in [5.74, 6) is 0. The molecule has 152 valence electrons. The minimum absolute atomic E-state index is 1.16. The van der Waals surface area contributed by atoms with Gasteiger partial charge in [-0.2, -0.15) is 0 Å². The van der Waals surface area contributed by atoms with Crippen molar-refractivity contribution in [3.05, 3.63) is 90.0 Å². The summed E-state index contributed by atoms with van der Waals surface area (Å²) in [7, 11) is 0. The van der Waals surface area contributed by atoms with Crippen LogP contribution in [-0.4, -0.2) is 0 Å². The van der Waals surface area contributed by atoms with Gasteiger partial charge in [-0.15, -0.1) is 0 Å². The lowest BCUT2D eigenvalue weighted by atomic mass is 9.90. The van der Waals surface area contributed by atoms with Crippen LogP contribution < -0.4 is 0 Å². The molecule has 0 N–H and O–H groups in total. The van der Waals surface area contributed by atoms with Crippen molar-refractivity contribution in [1.82, 2.24) is 0 Å². The lowest BCUT2D eigenvalue weighted by Gasteiger charge is -2.14. The first kappa shape index (κ1) is 27.6. The van der Waals surface area contributed by atoms with Crippen LogP contribution in [0.15, 0.2) is 67.8 Å². The van der Waals surface area contributed by atoms with E-state index in [0.29, 0.717) is 0 Å². The maximum Gasteiger partial charge on any atom is -0.00969 e. The predicted octanol–water partition coefficient (Wildman–Crippen LogP) is 9.62. The third-order valence-electron chi connectivity index (χ3n) is 3.57. The smallest absolute Gasteiger partial charge is 0.00969 e. The molecule has 0 aliphatic heterocycles. The first-order valence-corrected chi connectivity index (χ1v) is 10.5. The van der Waals surface area contributed by atoms with Crippen molar-refractivity contribution in [2.75, 3.05) is 0 Å². The zero-order valence-electron chi connectivity index (χ0n) is 19.3. The summed E-state index contributed by atoms with van der Waals surface area (Å²) in [4.78, 5) is 0. The molecular formula is C28H40. The minimum Gasteiger partial charge on any atom is -0.0991 e. The van der Waals surface area contributed by atoms with Gasteiger partial charge in [0.25, 0.3) is 0 Å². The molecular weight excluding hydrogens is 336 g/mol. The fourth-order valence-corrected chi connectivity index (χ4v) is 2.63. The Hall–Kier alpha value is -2.60. The van der Waals surface area contributed by atoms with E-state index in [1.54, 1.807) is 6.08 Å². The van der Waals surface area contributed by atoms with E-state index in [1.807, 2.05) is 60.6 Å². The lowest BCUT2D eigenvalue weighted by Crippen LogP contribution is -1.92. The van der Waals surface area contributed by atoms with E-state index in [9.17, 15) is 0 Å². The zero-order chi connectivity index (χ0) is 21.9. The molecule has 0 fully saturated rings. The van der Waals surface area contributed by atoms with Crippen molar-refractivity contribution < 1.29 is 0 Å². The van der Waals surface area contributed by atoms with Gasteiger partial charge in [0.15, 0.2) is 0 Å². The molecule has 0 atom stereocenters. The summed E-state index contributed by atoms with van der Waals surface area (Å²) in [5, 5.41) is 0. The maximum absolute atomic E-state index is 3.96. The van der Waals surface area contributed by atoms with Crippen LogP contribution in [0.3, 0.4) is 0 Å². The highest BCUT2D eigenvalue weighted by Gasteiger charge is 2.10. The first-order chi connectivity index (χ1) is 13.7. The summed E-state index contributed by atoms with van der Waals surface area (Å²) in [5.41, 5.74) is 7.25. The third-order valence-corrected chi connectivity index (χ3v) is 3.57. The lowest BCUT2D eigenvalue weighted by molar-refractivity contribution is 1.43. The number of aryl methyl sites for hydroxylation is 1. The largest absolute Gasteiger partial charge is 0.0991 e. The first-order valence-electron chi connectivity index (χ1n) is 10.5. The van der Waals surface area contributed by atoms with Crippen molar-refractivity contribution >= 4 is 18.2 Å². The van der Waals surface area contributed by atoms with Gasteiger partial charge in [0.1, 0.15) is 0 Å². The van der Waals surface area contributed by atoms with Crippen LogP contribution in [0.1, 0.15) is 70.7 Å². The molecule has 0 saturated carbocycles. The van der Waals surface area contributed by atoms with Crippen LogP contribution in [0.2, 0.25) is 0 Å². The normalized spacial score (nSPS) is 9.43. The van der Waals surface area contributed by atoms with Crippen LogP contribution >= 0.6 is 0 Å². The maximum atomic E-state index is 3.96. The molecule has 0 amide bonds. The van der Waals surface area contributed by atoms with Crippen LogP contribution in [-0.2, 0) is 0 Å². The standard InChI is InChI=1S/C22H22.3C2H6/c1-5-8-12-19-13-9-10-14-21(19)22-16-17(4)15-18(7-3)20(22)11-6-2;3*1-2/h5-16H,1,3H2,2,4H3;3*1-2H3/b11-6-,12-8-;;;. The van der Waals surface area contributed by atoms with Crippen LogP contribution in [0, 0.1) is 6.92 Å². The Kier molecular flexibility index (Phi) is 17.6. The second-order valence-electron chi connectivity index (χ2n) is 5.20. The highest BCUT2D eigenvalue weighted by atomic mass is 14.1. The molecule has 0 aliphatic carbocycles. The Bertz CT molecular complexity index is 743. The molecule has 2 aromatic rings. The van der Waals surface area contributed by atoms with E-state index < -0.39 is 0 Å². The zero-order valence-corrected chi connectivity index (χ0v) is 19.3. The SMILES string of the molecule is C=C/C=C\c1ccccc1-c1cc(C)cc(C=C)c1/C=C\C.CC.CC.CC. The van der Waals surface area contributed by atoms with Gasteiger partial charge in [0.05, 0.1) is 0 Å². The molecule has 0 aliphatic rings. The fraction of sp³-hybridized carbons (Fsp3) is 0.286. The van der Waals surface area contributed by atoms with Gasteiger partial charge in [-0.3, -0.25) is 0 Å². The van der Waals surface area contributed by atoms with E-state index in [1.165, 1.54) is 27.8 Å². The molecule has 0 bridgehead atoms. The molecule has 0 heterocycles.